The van der Waals surface area contributed by atoms with Crippen molar-refractivity contribution in [2.75, 3.05) is 13.6 Å². The molecular weight excluding hydrogens is 340 g/mol. The first-order valence-electron chi connectivity index (χ1n) is 8.66. The highest BCUT2D eigenvalue weighted by Crippen LogP contribution is 2.11. The molecule has 5 heteroatoms. The van der Waals surface area contributed by atoms with Crippen molar-refractivity contribution in [3.8, 4) is 11.8 Å². The topological polar surface area (TPSA) is 59.5 Å². The molecule has 1 aromatic carbocycles. The third kappa shape index (κ3) is 6.27. The Morgan fingerprint density at radius 3 is 2.26 bits per heavy atom. The van der Waals surface area contributed by atoms with E-state index in [1.54, 1.807) is 31.3 Å². The van der Waals surface area contributed by atoms with E-state index in [4.69, 9.17) is 4.74 Å². The molecule has 0 radical (unpaired) electrons. The Bertz CT molecular complexity index is 867. The van der Waals surface area contributed by atoms with Crippen molar-refractivity contribution in [3.05, 3.63) is 65.0 Å². The predicted octanol–water partition coefficient (Wildman–Crippen LogP) is 3.84. The molecular formula is C22H24N2O3. The van der Waals surface area contributed by atoms with Crippen molar-refractivity contribution in [1.82, 2.24) is 9.88 Å². The van der Waals surface area contributed by atoms with Gasteiger partial charge in [0.05, 0.1) is 6.54 Å². The van der Waals surface area contributed by atoms with Crippen LogP contribution in [0.2, 0.25) is 0 Å². The molecule has 0 saturated heterocycles. The number of benzene rings is 1. The minimum absolute atomic E-state index is 0.0772. The van der Waals surface area contributed by atoms with Crippen LogP contribution >= 0.6 is 0 Å². The van der Waals surface area contributed by atoms with Gasteiger partial charge in [0.1, 0.15) is 11.3 Å². The molecule has 0 aliphatic heterocycles. The molecule has 0 aliphatic rings. The third-order valence-electron chi connectivity index (χ3n) is 3.58. The Morgan fingerprint density at radius 1 is 1.07 bits per heavy atom. The number of carbonyl (C=O) groups excluding carboxylic acids is 2. The molecule has 0 unspecified atom stereocenters. The molecule has 2 aromatic rings. The number of rotatable bonds is 3. The van der Waals surface area contributed by atoms with Crippen molar-refractivity contribution < 1.29 is 14.3 Å². The molecule has 1 heterocycles. The molecule has 0 N–H and O–H groups in total. The first kappa shape index (κ1) is 20.2. The maximum atomic E-state index is 12.4. The number of aryl methyl sites for hydroxylation is 1. The van der Waals surface area contributed by atoms with Gasteiger partial charge in [-0.1, -0.05) is 35.7 Å². The number of nitrogens with zero attached hydrogens (tertiary/aromatic N) is 2. The molecule has 0 bridgehead atoms. The number of pyridine rings is 1. The van der Waals surface area contributed by atoms with E-state index in [0.717, 1.165) is 5.56 Å². The number of hydrogen-bond acceptors (Lipinski definition) is 4. The lowest BCUT2D eigenvalue weighted by atomic mass is 10.0. The fourth-order valence-electron chi connectivity index (χ4n) is 2.13. The normalized spacial score (nSPS) is 10.6. The van der Waals surface area contributed by atoms with Gasteiger partial charge in [-0.2, -0.15) is 0 Å². The Morgan fingerprint density at radius 2 is 1.70 bits per heavy atom. The fraction of sp³-hybridized carbons (Fsp3) is 0.318. The molecule has 27 heavy (non-hydrogen) atoms. The highest BCUT2D eigenvalue weighted by molar-refractivity contribution is 6.08. The second-order valence-electron chi connectivity index (χ2n) is 7.27. The van der Waals surface area contributed by atoms with E-state index >= 15 is 0 Å². The van der Waals surface area contributed by atoms with Gasteiger partial charge in [-0.05, 0) is 45.7 Å². The summed E-state index contributed by atoms with van der Waals surface area (Å²) in [7, 11) is 1.62. The van der Waals surface area contributed by atoms with E-state index in [2.05, 4.69) is 16.8 Å². The van der Waals surface area contributed by atoms with Gasteiger partial charge in [-0.15, -0.1) is 0 Å². The summed E-state index contributed by atoms with van der Waals surface area (Å²) in [6, 6.07) is 10.8. The number of ether oxygens (including phenoxy) is 1. The van der Waals surface area contributed by atoms with Crippen LogP contribution in [0.3, 0.4) is 0 Å². The van der Waals surface area contributed by atoms with Gasteiger partial charge < -0.3 is 9.64 Å². The number of amides is 1. The van der Waals surface area contributed by atoms with Crippen LogP contribution in [-0.2, 0) is 4.74 Å². The molecule has 5 nitrogen and oxygen atoms in total. The number of hydrogen-bond donors (Lipinski definition) is 0. The summed E-state index contributed by atoms with van der Waals surface area (Å²) >= 11 is 0. The van der Waals surface area contributed by atoms with Crippen LogP contribution in [0.4, 0.5) is 4.79 Å². The minimum atomic E-state index is -0.542. The van der Waals surface area contributed by atoms with Crippen LogP contribution in [0.25, 0.3) is 0 Å². The van der Waals surface area contributed by atoms with Gasteiger partial charge in [0, 0.05) is 24.4 Å². The largest absolute Gasteiger partial charge is 0.444 e. The molecule has 0 atom stereocenters. The lowest BCUT2D eigenvalue weighted by molar-refractivity contribution is 0.0321. The van der Waals surface area contributed by atoms with E-state index in [0.29, 0.717) is 16.8 Å². The fourth-order valence-corrected chi connectivity index (χ4v) is 2.13. The lowest BCUT2D eigenvalue weighted by Crippen LogP contribution is -2.34. The van der Waals surface area contributed by atoms with E-state index in [1.165, 1.54) is 11.1 Å². The third-order valence-corrected chi connectivity index (χ3v) is 3.58. The molecule has 0 saturated carbocycles. The molecule has 140 valence electrons. The van der Waals surface area contributed by atoms with Crippen LogP contribution < -0.4 is 0 Å². The van der Waals surface area contributed by atoms with E-state index in [-0.39, 0.29) is 12.3 Å². The van der Waals surface area contributed by atoms with Crippen LogP contribution in [-0.4, -0.2) is 41.0 Å². The van der Waals surface area contributed by atoms with E-state index in [1.807, 2.05) is 39.8 Å². The Kier molecular flexibility index (Phi) is 6.36. The van der Waals surface area contributed by atoms with Crippen molar-refractivity contribution in [2.24, 2.45) is 0 Å². The smallest absolute Gasteiger partial charge is 0.410 e. The summed E-state index contributed by atoms with van der Waals surface area (Å²) in [4.78, 5) is 29.9. The number of aromatic nitrogens is 1. The first-order valence-corrected chi connectivity index (χ1v) is 8.66. The van der Waals surface area contributed by atoms with Crippen molar-refractivity contribution in [3.63, 3.8) is 0 Å². The number of carbonyl (C=O) groups is 2. The summed E-state index contributed by atoms with van der Waals surface area (Å²) in [5.74, 6) is 5.69. The predicted molar refractivity (Wildman–Crippen MR) is 105 cm³/mol. The van der Waals surface area contributed by atoms with E-state index < -0.39 is 11.7 Å². The highest BCUT2D eigenvalue weighted by Gasteiger charge is 2.18. The summed E-state index contributed by atoms with van der Waals surface area (Å²) in [5, 5.41) is 0. The summed E-state index contributed by atoms with van der Waals surface area (Å²) in [5.41, 5.74) is 2.23. The Labute approximate surface area is 160 Å². The molecule has 1 amide bonds. The minimum Gasteiger partial charge on any atom is -0.444 e. The van der Waals surface area contributed by atoms with Gasteiger partial charge in [-0.25, -0.2) is 9.78 Å². The first-order chi connectivity index (χ1) is 12.7. The molecule has 2 rings (SSSR count). The lowest BCUT2D eigenvalue weighted by Gasteiger charge is -2.23. The van der Waals surface area contributed by atoms with Crippen LogP contribution in [0, 0.1) is 18.8 Å². The van der Waals surface area contributed by atoms with Gasteiger partial charge >= 0.3 is 6.09 Å². The average Bonchev–Trinajstić information content (AvgIpc) is 2.61. The van der Waals surface area contributed by atoms with Gasteiger partial charge in [0.15, 0.2) is 5.78 Å². The second-order valence-corrected chi connectivity index (χ2v) is 7.27. The molecule has 0 fully saturated rings. The molecule has 1 aromatic heterocycles. The average molecular weight is 364 g/mol. The summed E-state index contributed by atoms with van der Waals surface area (Å²) in [6.45, 7) is 7.64. The Balaban J connectivity index is 1.98. The summed E-state index contributed by atoms with van der Waals surface area (Å²) in [6.07, 6.45) is 1.09. The van der Waals surface area contributed by atoms with Crippen molar-refractivity contribution in [1.29, 1.82) is 0 Å². The number of ketones is 1. The SMILES string of the molecule is Cc1ccc(C(=O)c2ccc(C#CCN(C)C(=O)OC(C)(C)C)nc2)cc1. The van der Waals surface area contributed by atoms with Crippen molar-refractivity contribution >= 4 is 11.9 Å². The maximum Gasteiger partial charge on any atom is 0.410 e. The molecule has 0 spiro atoms. The highest BCUT2D eigenvalue weighted by atomic mass is 16.6. The van der Waals surface area contributed by atoms with E-state index in [9.17, 15) is 9.59 Å². The standard InChI is InChI=1S/C22H24N2O3/c1-16-8-10-17(11-9-16)20(25)18-12-13-19(23-15-18)7-6-14-24(5)21(26)27-22(2,3)4/h8-13,15H,14H2,1-5H3. The van der Waals surface area contributed by atoms with Crippen molar-refractivity contribution in [2.45, 2.75) is 33.3 Å². The van der Waals surface area contributed by atoms with Crippen LogP contribution in [0.15, 0.2) is 42.6 Å². The van der Waals surface area contributed by atoms with Crippen LogP contribution in [0.1, 0.15) is 48.0 Å². The molecule has 0 aliphatic carbocycles. The van der Waals surface area contributed by atoms with Crippen LogP contribution in [0.5, 0.6) is 0 Å². The zero-order valence-corrected chi connectivity index (χ0v) is 16.4. The van der Waals surface area contributed by atoms with Gasteiger partial charge in [-0.3, -0.25) is 4.79 Å². The monoisotopic (exact) mass is 364 g/mol. The summed E-state index contributed by atoms with van der Waals surface area (Å²) < 4.78 is 5.26. The zero-order valence-electron chi connectivity index (χ0n) is 16.4. The zero-order chi connectivity index (χ0) is 20.0. The second kappa shape index (κ2) is 8.50. The quantitative estimate of drug-likeness (QED) is 0.613. The Hall–Kier alpha value is -3.13. The van der Waals surface area contributed by atoms with Gasteiger partial charge in [0.25, 0.3) is 0 Å². The maximum absolute atomic E-state index is 12.4. The van der Waals surface area contributed by atoms with Gasteiger partial charge in [0.2, 0.25) is 0 Å².